The number of rotatable bonds is 3. The molecule has 8 heteroatoms. The summed E-state index contributed by atoms with van der Waals surface area (Å²) in [5.41, 5.74) is 2.83. The number of phenolic OH excluding ortho intramolecular Hbond substituents is 1. The van der Waals surface area contributed by atoms with Gasteiger partial charge < -0.3 is 0 Å². The molecule has 2 aliphatic rings. The van der Waals surface area contributed by atoms with Crippen molar-refractivity contribution in [2.24, 2.45) is 4.99 Å². The molecule has 0 fully saturated rings. The average molecular weight is 743 g/mol. The van der Waals surface area contributed by atoms with Crippen molar-refractivity contribution in [2.45, 2.75) is 25.9 Å². The van der Waals surface area contributed by atoms with Gasteiger partial charge in [-0.05, 0) is 0 Å². The van der Waals surface area contributed by atoms with Crippen LogP contribution in [-0.2, 0) is 4.79 Å². The third-order valence-corrected chi connectivity index (χ3v) is 18.9. The first-order valence-electron chi connectivity index (χ1n) is 8.81. The first-order valence-corrected chi connectivity index (χ1v) is 16.2. The van der Waals surface area contributed by atoms with Crippen LogP contribution < -0.4 is 5.19 Å². The zero-order chi connectivity index (χ0) is 20.2. The quantitative estimate of drug-likeness (QED) is 0.258. The summed E-state index contributed by atoms with van der Waals surface area (Å²) in [5, 5.41) is 13.3. The summed E-state index contributed by atoms with van der Waals surface area (Å²) < 4.78 is 4.85. The predicted octanol–water partition coefficient (Wildman–Crippen LogP) is 5.47. The van der Waals surface area contributed by atoms with Gasteiger partial charge in [-0.15, -0.1) is 0 Å². The monoisotopic (exact) mass is 743 g/mol. The normalized spacial score (nSPS) is 20.5. The third-order valence-electron chi connectivity index (χ3n) is 5.25. The van der Waals surface area contributed by atoms with Gasteiger partial charge in [-0.2, -0.15) is 0 Å². The second-order valence-corrected chi connectivity index (χ2v) is 17.5. The van der Waals surface area contributed by atoms with Crippen molar-refractivity contribution >= 4 is 106 Å². The molecule has 4 rings (SSSR count). The predicted molar refractivity (Wildman–Crippen MR) is 139 cm³/mol. The maximum absolute atomic E-state index is 12.2. The summed E-state index contributed by atoms with van der Waals surface area (Å²) in [6.45, 7) is 4.52. The van der Waals surface area contributed by atoms with Crippen LogP contribution >= 0.6 is 61.1 Å². The van der Waals surface area contributed by atoms with Crippen LogP contribution in [0.5, 0.6) is 5.75 Å². The second kappa shape index (κ2) is 7.92. The van der Waals surface area contributed by atoms with Crippen molar-refractivity contribution in [3.05, 3.63) is 46.0 Å². The molecule has 2 aromatic rings. The molecule has 0 saturated heterocycles. The number of carbonyl (C=O) groups is 1. The Labute approximate surface area is 206 Å². The van der Waals surface area contributed by atoms with Crippen LogP contribution in [0.4, 0.5) is 5.69 Å². The average Bonchev–Trinajstić information content (AvgIpc) is 2.91. The molecule has 2 heterocycles. The van der Waals surface area contributed by atoms with Crippen LogP contribution in [0.15, 0.2) is 43.9 Å². The van der Waals surface area contributed by atoms with Gasteiger partial charge in [0.2, 0.25) is 0 Å². The van der Waals surface area contributed by atoms with Crippen molar-refractivity contribution in [3.8, 4) is 15.8 Å². The Kier molecular flexibility index (Phi) is 6.01. The summed E-state index contributed by atoms with van der Waals surface area (Å²) in [4.78, 5) is 17.1. The zero-order valence-electron chi connectivity index (χ0n) is 15.1. The van der Waals surface area contributed by atoms with E-state index in [0.717, 1.165) is 34.6 Å². The van der Waals surface area contributed by atoms with Crippen LogP contribution in [0.25, 0.3) is 10.0 Å². The SMILES string of the molecule is CCC[Si]1(C)C2=CC(=O)C=CC2=Nc2ccc(O)c(-c3[se]c(Br)c(I)c3I)c21. The molecule has 1 aromatic heterocycles. The number of ketones is 1. The van der Waals surface area contributed by atoms with Gasteiger partial charge >= 0.3 is 209 Å². The van der Waals surface area contributed by atoms with E-state index in [4.69, 9.17) is 4.99 Å². The number of benzene rings is 1. The molecule has 1 unspecified atom stereocenters. The molecule has 3 nitrogen and oxygen atoms in total. The number of phenols is 1. The Morgan fingerprint density at radius 2 is 2.00 bits per heavy atom. The van der Waals surface area contributed by atoms with E-state index in [1.807, 2.05) is 12.1 Å². The molecule has 0 radical (unpaired) electrons. The maximum atomic E-state index is 12.2. The van der Waals surface area contributed by atoms with E-state index in [9.17, 15) is 9.90 Å². The Balaban J connectivity index is 2.10. The number of aromatic hydroxyl groups is 1. The molecule has 1 aromatic carbocycles. The van der Waals surface area contributed by atoms with Crippen molar-refractivity contribution in [1.82, 2.24) is 0 Å². The fourth-order valence-electron chi connectivity index (χ4n) is 4.07. The number of nitrogens with zero attached hydrogens (tertiary/aromatic N) is 1. The van der Waals surface area contributed by atoms with E-state index >= 15 is 0 Å². The molecule has 144 valence electrons. The van der Waals surface area contributed by atoms with E-state index in [0.29, 0.717) is 5.75 Å². The van der Waals surface area contributed by atoms with Crippen LogP contribution in [0, 0.1) is 7.14 Å². The third kappa shape index (κ3) is 3.32. The Morgan fingerprint density at radius 1 is 1.25 bits per heavy atom. The van der Waals surface area contributed by atoms with Gasteiger partial charge in [0.05, 0.1) is 0 Å². The minimum atomic E-state index is -2.24. The molecule has 0 saturated carbocycles. The van der Waals surface area contributed by atoms with Crippen LogP contribution in [0.1, 0.15) is 13.3 Å². The molecule has 0 spiro atoms. The first kappa shape index (κ1) is 21.2. The van der Waals surface area contributed by atoms with Crippen LogP contribution in [-0.4, -0.2) is 39.2 Å². The van der Waals surface area contributed by atoms with Gasteiger partial charge in [-0.3, -0.25) is 0 Å². The summed E-state index contributed by atoms with van der Waals surface area (Å²) in [7, 11) is -2.24. The van der Waals surface area contributed by atoms with Crippen molar-refractivity contribution in [2.75, 3.05) is 0 Å². The van der Waals surface area contributed by atoms with Gasteiger partial charge in [0.15, 0.2) is 0 Å². The van der Waals surface area contributed by atoms with Gasteiger partial charge in [-0.1, -0.05) is 0 Å². The standard InChI is InChI=1S/C20H16BrI2NO2SeSi/c1-3-8-28(2)14-9-10(25)4-5-11(14)24-12-6-7-13(26)15(19(12)28)18-16(22)17(23)20(21)27-18/h4-7,9,26H,3,8H2,1-2H3. The Bertz CT molecular complexity index is 1120. The van der Waals surface area contributed by atoms with Gasteiger partial charge in [0, 0.05) is 0 Å². The number of fused-ring (bicyclic) bond motifs is 2. The Morgan fingerprint density at radius 3 is 2.64 bits per heavy atom. The van der Waals surface area contributed by atoms with E-state index in [2.05, 4.69) is 74.6 Å². The summed E-state index contributed by atoms with van der Waals surface area (Å²) in [5.74, 6) is 0.356. The molecular weight excluding hydrogens is 727 g/mol. The minimum absolute atomic E-state index is 0.0340. The fraction of sp³-hybridized carbons (Fsp3) is 0.200. The van der Waals surface area contributed by atoms with Crippen LogP contribution in [0.2, 0.25) is 12.6 Å². The second-order valence-electron chi connectivity index (χ2n) is 7.06. The number of halogens is 3. The van der Waals surface area contributed by atoms with Crippen molar-refractivity contribution in [1.29, 1.82) is 0 Å². The van der Waals surface area contributed by atoms with Gasteiger partial charge in [0.25, 0.3) is 0 Å². The number of allylic oxidation sites excluding steroid dienone is 4. The number of carbonyl (C=O) groups excluding carboxylic acids is 1. The number of aliphatic imine (C=N–C) groups is 1. The van der Waals surface area contributed by atoms with E-state index in [1.54, 1.807) is 18.2 Å². The molecule has 1 aliphatic carbocycles. The summed E-state index contributed by atoms with van der Waals surface area (Å²) in [6, 6.07) is 4.73. The molecule has 1 N–H and O–H groups in total. The topological polar surface area (TPSA) is 49.7 Å². The van der Waals surface area contributed by atoms with E-state index in [1.165, 1.54) is 20.1 Å². The number of hydrogen-bond acceptors (Lipinski definition) is 3. The zero-order valence-corrected chi connectivity index (χ0v) is 23.8. The first-order chi connectivity index (χ1) is 13.3. The summed E-state index contributed by atoms with van der Waals surface area (Å²) in [6.07, 6.45) is 6.27. The fourth-order valence-corrected chi connectivity index (χ4v) is 14.7. The molecule has 0 amide bonds. The molecular formula is C20H16BrI2NO2SeSi. The molecule has 0 bridgehead atoms. The van der Waals surface area contributed by atoms with E-state index < -0.39 is 8.07 Å². The van der Waals surface area contributed by atoms with Gasteiger partial charge in [0.1, 0.15) is 0 Å². The van der Waals surface area contributed by atoms with Crippen molar-refractivity contribution in [3.63, 3.8) is 0 Å². The van der Waals surface area contributed by atoms with Gasteiger partial charge in [-0.25, -0.2) is 0 Å². The Hall–Kier alpha value is -0.00364. The van der Waals surface area contributed by atoms with E-state index in [-0.39, 0.29) is 20.3 Å². The van der Waals surface area contributed by atoms with Crippen molar-refractivity contribution < 1.29 is 9.90 Å². The van der Waals surface area contributed by atoms with Crippen LogP contribution in [0.3, 0.4) is 0 Å². The molecule has 1 atom stereocenters. The molecule has 28 heavy (non-hydrogen) atoms. The molecule has 1 aliphatic heterocycles. The number of hydrogen-bond donors (Lipinski definition) is 1. The summed E-state index contributed by atoms with van der Waals surface area (Å²) >= 11 is 8.59.